The molecule has 0 aromatic heterocycles. The summed E-state index contributed by atoms with van der Waals surface area (Å²) in [6, 6.07) is -0.846. The van der Waals surface area contributed by atoms with Gasteiger partial charge in [-0.15, -0.1) is 0 Å². The van der Waals surface area contributed by atoms with Crippen molar-refractivity contribution in [3.05, 3.63) is 24.3 Å². The topological polar surface area (TPSA) is 105 Å². The molecular weight excluding hydrogens is 1030 g/mol. The lowest BCUT2D eigenvalue weighted by molar-refractivity contribution is -0.870. The molecule has 0 saturated heterocycles. The van der Waals surface area contributed by atoms with Gasteiger partial charge in [0.15, 0.2) is 0 Å². The number of hydrogen-bond donors (Lipinski definition) is 3. The maximum Gasteiger partial charge on any atom is 0.472 e. The van der Waals surface area contributed by atoms with Crippen molar-refractivity contribution in [1.82, 2.24) is 5.32 Å². The van der Waals surface area contributed by atoms with Gasteiger partial charge >= 0.3 is 7.82 Å². The number of nitrogens with one attached hydrogen (secondary N) is 1. The number of hydrogen-bond acceptors (Lipinski definition) is 5. The molecule has 0 fully saturated rings. The normalized spacial score (nSPS) is 13.7. The number of carbonyl (C=O) groups excluding carboxylic acids is 1. The molecule has 0 aliphatic heterocycles. The van der Waals surface area contributed by atoms with Crippen LogP contribution in [0.5, 0.6) is 0 Å². The SMILES string of the molecule is CCCCCCCCCC/C=C\CCCCCCCCCCCCCCCCCCCC(=O)NC(COP(=O)(O)OCC[N+](C)(C)C)C(O)/C=C/CCCCCCCCCCCCCCCCCCCCCCCCCCCCCCC. The molecule has 9 heteroatoms. The van der Waals surface area contributed by atoms with E-state index < -0.39 is 20.0 Å². The Labute approximate surface area is 513 Å². The number of aliphatic hydroxyl groups is 1. The van der Waals surface area contributed by atoms with Crippen LogP contribution in [0.25, 0.3) is 0 Å². The molecular formula is C73H146N2O6P+. The Morgan fingerprint density at radius 3 is 0.939 bits per heavy atom. The van der Waals surface area contributed by atoms with Crippen LogP contribution < -0.4 is 5.32 Å². The number of likely N-dealkylation sites (N-methyl/N-ethyl adjacent to an activating group) is 1. The zero-order chi connectivity index (χ0) is 59.8. The third kappa shape index (κ3) is 66.5. The highest BCUT2D eigenvalue weighted by Gasteiger charge is 2.28. The van der Waals surface area contributed by atoms with Gasteiger partial charge in [-0.1, -0.05) is 359 Å². The second-order valence-electron chi connectivity index (χ2n) is 26.7. The summed E-state index contributed by atoms with van der Waals surface area (Å²) in [6.45, 7) is 4.88. The van der Waals surface area contributed by atoms with Crippen molar-refractivity contribution in [2.75, 3.05) is 40.9 Å². The Kier molecular flexibility index (Phi) is 63.7. The second kappa shape index (κ2) is 64.5. The molecule has 0 radical (unpaired) electrons. The third-order valence-corrected chi connectivity index (χ3v) is 18.1. The average molecular weight is 1180 g/mol. The number of quaternary nitrogens is 1. The molecule has 3 atom stereocenters. The van der Waals surface area contributed by atoms with Gasteiger partial charge in [0.2, 0.25) is 5.91 Å². The Balaban J connectivity index is 4.01. The molecule has 0 heterocycles. The molecule has 488 valence electrons. The van der Waals surface area contributed by atoms with Gasteiger partial charge in [0.05, 0.1) is 39.9 Å². The molecule has 0 aromatic rings. The number of nitrogens with zero attached hydrogens (tertiary/aromatic N) is 1. The van der Waals surface area contributed by atoms with E-state index in [0.717, 1.165) is 32.1 Å². The van der Waals surface area contributed by atoms with Gasteiger partial charge in [0.1, 0.15) is 13.2 Å². The van der Waals surface area contributed by atoms with E-state index in [1.807, 2.05) is 27.2 Å². The lowest BCUT2D eigenvalue weighted by atomic mass is 10.0. The van der Waals surface area contributed by atoms with Gasteiger partial charge in [0.25, 0.3) is 0 Å². The van der Waals surface area contributed by atoms with E-state index in [0.29, 0.717) is 17.4 Å². The third-order valence-electron chi connectivity index (χ3n) is 17.2. The van der Waals surface area contributed by atoms with Crippen LogP contribution in [0, 0.1) is 0 Å². The first-order valence-corrected chi connectivity index (χ1v) is 38.2. The Morgan fingerprint density at radius 2 is 0.659 bits per heavy atom. The first kappa shape index (κ1) is 81.0. The van der Waals surface area contributed by atoms with Crippen molar-refractivity contribution in [1.29, 1.82) is 0 Å². The quantitative estimate of drug-likeness (QED) is 0.0243. The maximum atomic E-state index is 13.1. The van der Waals surface area contributed by atoms with E-state index in [-0.39, 0.29) is 19.1 Å². The number of aliphatic hydroxyl groups excluding tert-OH is 1. The average Bonchev–Trinajstić information content (AvgIpc) is 3.47. The predicted molar refractivity (Wildman–Crippen MR) is 360 cm³/mol. The number of carbonyl (C=O) groups is 1. The van der Waals surface area contributed by atoms with Crippen molar-refractivity contribution >= 4 is 13.7 Å². The van der Waals surface area contributed by atoms with Crippen LogP contribution in [-0.4, -0.2) is 73.4 Å². The number of phosphoric acid groups is 1. The van der Waals surface area contributed by atoms with Gasteiger partial charge in [-0.3, -0.25) is 13.8 Å². The van der Waals surface area contributed by atoms with Crippen LogP contribution in [0.2, 0.25) is 0 Å². The number of allylic oxidation sites excluding steroid dienone is 3. The van der Waals surface area contributed by atoms with Crippen molar-refractivity contribution in [2.24, 2.45) is 0 Å². The van der Waals surface area contributed by atoms with Crippen LogP contribution >= 0.6 is 7.82 Å². The number of phosphoric ester groups is 1. The second-order valence-corrected chi connectivity index (χ2v) is 28.1. The van der Waals surface area contributed by atoms with E-state index in [1.54, 1.807) is 6.08 Å². The summed E-state index contributed by atoms with van der Waals surface area (Å²) in [5.74, 6) is -0.168. The van der Waals surface area contributed by atoms with Crippen LogP contribution in [0.15, 0.2) is 24.3 Å². The van der Waals surface area contributed by atoms with Crippen LogP contribution in [0.1, 0.15) is 386 Å². The predicted octanol–water partition coefficient (Wildman–Crippen LogP) is 23.4. The maximum absolute atomic E-state index is 13.1. The Hall–Kier alpha value is -1.02. The fraction of sp³-hybridized carbons (Fsp3) is 0.932. The van der Waals surface area contributed by atoms with E-state index in [9.17, 15) is 19.4 Å². The van der Waals surface area contributed by atoms with Crippen LogP contribution in [-0.2, 0) is 18.4 Å². The lowest BCUT2D eigenvalue weighted by Gasteiger charge is -2.25. The van der Waals surface area contributed by atoms with Crippen LogP contribution in [0.4, 0.5) is 0 Å². The molecule has 1 amide bonds. The first-order valence-electron chi connectivity index (χ1n) is 36.7. The summed E-state index contributed by atoms with van der Waals surface area (Å²) in [5.41, 5.74) is 0. The molecule has 3 unspecified atom stereocenters. The minimum Gasteiger partial charge on any atom is -0.387 e. The number of unbranched alkanes of at least 4 members (excludes halogenated alkanes) is 54. The summed E-state index contributed by atoms with van der Waals surface area (Å²) in [4.78, 5) is 23.4. The lowest BCUT2D eigenvalue weighted by Crippen LogP contribution is -2.45. The summed E-state index contributed by atoms with van der Waals surface area (Å²) in [7, 11) is 1.59. The minimum absolute atomic E-state index is 0.0644. The Morgan fingerprint density at radius 1 is 0.402 bits per heavy atom. The van der Waals surface area contributed by atoms with E-state index in [1.165, 1.54) is 334 Å². The fourth-order valence-electron chi connectivity index (χ4n) is 11.5. The van der Waals surface area contributed by atoms with Crippen molar-refractivity contribution in [3.8, 4) is 0 Å². The van der Waals surface area contributed by atoms with Gasteiger partial charge in [-0.25, -0.2) is 4.57 Å². The molecule has 0 spiro atoms. The molecule has 8 nitrogen and oxygen atoms in total. The highest BCUT2D eigenvalue weighted by molar-refractivity contribution is 7.47. The highest BCUT2D eigenvalue weighted by Crippen LogP contribution is 2.43. The molecule has 0 aliphatic rings. The van der Waals surface area contributed by atoms with Crippen molar-refractivity contribution in [3.63, 3.8) is 0 Å². The fourth-order valence-corrected chi connectivity index (χ4v) is 12.2. The van der Waals surface area contributed by atoms with Gasteiger partial charge in [-0.2, -0.15) is 0 Å². The van der Waals surface area contributed by atoms with Crippen molar-refractivity contribution in [2.45, 2.75) is 398 Å². The Bertz CT molecular complexity index is 1390. The van der Waals surface area contributed by atoms with Crippen molar-refractivity contribution < 1.29 is 32.9 Å². The van der Waals surface area contributed by atoms with Gasteiger partial charge in [-0.05, 0) is 44.9 Å². The molecule has 0 saturated carbocycles. The monoisotopic (exact) mass is 1180 g/mol. The van der Waals surface area contributed by atoms with Gasteiger partial charge in [0, 0.05) is 6.42 Å². The van der Waals surface area contributed by atoms with Gasteiger partial charge < -0.3 is 19.8 Å². The molecule has 0 aliphatic carbocycles. The zero-order valence-electron chi connectivity index (χ0n) is 56.0. The number of amides is 1. The number of rotatable bonds is 69. The molecule has 3 N–H and O–H groups in total. The van der Waals surface area contributed by atoms with E-state index in [2.05, 4.69) is 31.3 Å². The van der Waals surface area contributed by atoms with E-state index >= 15 is 0 Å². The summed E-state index contributed by atoms with van der Waals surface area (Å²) < 4.78 is 23.9. The van der Waals surface area contributed by atoms with Crippen LogP contribution in [0.3, 0.4) is 0 Å². The van der Waals surface area contributed by atoms with E-state index in [4.69, 9.17) is 9.05 Å². The highest BCUT2D eigenvalue weighted by atomic mass is 31.2. The summed E-state index contributed by atoms with van der Waals surface area (Å²) in [6.07, 6.45) is 84.8. The summed E-state index contributed by atoms with van der Waals surface area (Å²) >= 11 is 0. The molecule has 0 rings (SSSR count). The largest absolute Gasteiger partial charge is 0.472 e. The smallest absolute Gasteiger partial charge is 0.387 e. The molecule has 82 heavy (non-hydrogen) atoms. The summed E-state index contributed by atoms with van der Waals surface area (Å²) in [5, 5.41) is 14.0. The zero-order valence-corrected chi connectivity index (χ0v) is 56.9. The first-order chi connectivity index (χ1) is 40.0. The molecule has 0 bridgehead atoms. The molecule has 0 aromatic carbocycles. The minimum atomic E-state index is -4.35. The standard InChI is InChI=1S/C73H145N2O6P/c1-6-8-10-12-14-16-18-20-22-24-26-28-30-32-34-36-37-39-40-42-44-46-48-50-52-54-56-58-60-62-64-66-72(76)71(70-81-82(78,79)80-69-68-75(3,4)5)74-73(77)67-65-63-61-59-57-55-53-51-49-47-45-43-41-38-35-33-31-29-27-25-23-21-19-17-15-13-11-9-7-2/h25,27,64,66,71-72,76H,6-24,26,28-63,65,67-70H2,1-5H3,(H-,74,77,78,79)/p+1/b27-25-,66-64+.